The number of nitrogens with zero attached hydrogens (tertiary/aromatic N) is 3. The van der Waals surface area contributed by atoms with Crippen molar-refractivity contribution in [1.29, 1.82) is 0 Å². The quantitative estimate of drug-likeness (QED) is 0.414. The van der Waals surface area contributed by atoms with Crippen LogP contribution in [0.1, 0.15) is 58.9 Å². The molecule has 3 N–H and O–H groups in total. The van der Waals surface area contributed by atoms with Crippen molar-refractivity contribution in [2.75, 3.05) is 25.9 Å². The van der Waals surface area contributed by atoms with Gasteiger partial charge in [0.15, 0.2) is 5.78 Å². The van der Waals surface area contributed by atoms with E-state index in [0.29, 0.717) is 11.3 Å². The average molecular weight is 476 g/mol. The summed E-state index contributed by atoms with van der Waals surface area (Å²) in [4.78, 5) is 26.1. The molecule has 1 saturated heterocycles. The summed E-state index contributed by atoms with van der Waals surface area (Å²) in [6.45, 7) is 4.02. The van der Waals surface area contributed by atoms with E-state index in [-0.39, 0.29) is 33.3 Å². The Morgan fingerprint density at radius 3 is 2.63 bits per heavy atom. The Morgan fingerprint density at radius 2 is 1.97 bits per heavy atom. The lowest BCUT2D eigenvalue weighted by Gasteiger charge is -2.24. The molecule has 1 unspecified atom stereocenters. The normalized spacial score (nSPS) is 23.6. The third-order valence-electron chi connectivity index (χ3n) is 7.74. The van der Waals surface area contributed by atoms with Crippen LogP contribution in [0.3, 0.4) is 0 Å². The molecular formula is C27H27F2N5O. The van der Waals surface area contributed by atoms with E-state index in [9.17, 15) is 9.18 Å². The molecule has 2 aromatic carbocycles. The van der Waals surface area contributed by atoms with Gasteiger partial charge in [0.2, 0.25) is 0 Å². The van der Waals surface area contributed by atoms with Crippen molar-refractivity contribution in [1.82, 2.24) is 15.3 Å². The van der Waals surface area contributed by atoms with Crippen LogP contribution >= 0.6 is 0 Å². The summed E-state index contributed by atoms with van der Waals surface area (Å²) in [6.07, 6.45) is 4.37. The molecule has 1 aromatic heterocycles. The van der Waals surface area contributed by atoms with Crippen LogP contribution in [0.5, 0.6) is 0 Å². The van der Waals surface area contributed by atoms with Crippen LogP contribution in [0.15, 0.2) is 53.8 Å². The minimum atomic E-state index is -0.624. The Balaban J connectivity index is 1.56. The zero-order chi connectivity index (χ0) is 24.8. The number of nitrogens with two attached hydrogens (primary N) is 1. The summed E-state index contributed by atoms with van der Waals surface area (Å²) in [6, 6.07) is 9.52. The highest BCUT2D eigenvalue weighted by atomic mass is 19.1. The predicted molar refractivity (Wildman–Crippen MR) is 131 cm³/mol. The van der Waals surface area contributed by atoms with Crippen LogP contribution in [0.25, 0.3) is 0 Å². The lowest BCUT2D eigenvalue weighted by Crippen LogP contribution is -2.26. The summed E-state index contributed by atoms with van der Waals surface area (Å²) >= 11 is 0. The van der Waals surface area contributed by atoms with Crippen molar-refractivity contribution in [3.05, 3.63) is 88.4 Å². The van der Waals surface area contributed by atoms with E-state index in [1.165, 1.54) is 36.7 Å². The highest BCUT2D eigenvalue weighted by Gasteiger charge is 2.68. The SMILES string of the molecule is CCC1(c2ncnc(N)c2C(=NC)c2ccc(C(=O)c3cccc(F)c3)cc2F)C[C@@]12CCNC2. The lowest BCUT2D eigenvalue weighted by atomic mass is 9.82. The summed E-state index contributed by atoms with van der Waals surface area (Å²) < 4.78 is 29.1. The second-order valence-corrected chi connectivity index (χ2v) is 9.41. The molecule has 180 valence electrons. The smallest absolute Gasteiger partial charge is 0.193 e. The number of aromatic nitrogens is 2. The molecule has 1 aliphatic carbocycles. The van der Waals surface area contributed by atoms with Gasteiger partial charge in [-0.2, -0.15) is 0 Å². The number of nitrogen functional groups attached to an aromatic ring is 1. The number of ketones is 1. The summed E-state index contributed by atoms with van der Waals surface area (Å²) in [7, 11) is 1.58. The van der Waals surface area contributed by atoms with Gasteiger partial charge in [-0.1, -0.05) is 25.1 Å². The molecule has 8 heteroatoms. The maximum Gasteiger partial charge on any atom is 0.193 e. The molecule has 0 bridgehead atoms. The van der Waals surface area contributed by atoms with E-state index in [0.717, 1.165) is 50.2 Å². The van der Waals surface area contributed by atoms with Gasteiger partial charge in [0.05, 0.1) is 17.0 Å². The molecule has 1 spiro atoms. The number of nitrogens with one attached hydrogen (secondary N) is 1. The number of benzene rings is 2. The second-order valence-electron chi connectivity index (χ2n) is 9.41. The number of anilines is 1. The van der Waals surface area contributed by atoms with Gasteiger partial charge in [-0.05, 0) is 55.5 Å². The molecule has 2 heterocycles. The summed E-state index contributed by atoms with van der Waals surface area (Å²) in [5, 5.41) is 3.47. The van der Waals surface area contributed by atoms with E-state index in [1.807, 2.05) is 0 Å². The molecule has 2 fully saturated rings. The van der Waals surface area contributed by atoms with Crippen molar-refractivity contribution in [3.63, 3.8) is 0 Å². The Labute approximate surface area is 202 Å². The third-order valence-corrected chi connectivity index (χ3v) is 7.74. The second kappa shape index (κ2) is 8.61. The fourth-order valence-corrected chi connectivity index (χ4v) is 5.85. The maximum atomic E-state index is 15.5. The Morgan fingerprint density at radius 1 is 1.17 bits per heavy atom. The number of carbonyl (C=O) groups is 1. The fourth-order valence-electron chi connectivity index (χ4n) is 5.85. The van der Waals surface area contributed by atoms with Crippen molar-refractivity contribution in [2.24, 2.45) is 10.4 Å². The molecule has 0 radical (unpaired) electrons. The number of hydrogen-bond acceptors (Lipinski definition) is 6. The van der Waals surface area contributed by atoms with Gasteiger partial charge >= 0.3 is 0 Å². The Bertz CT molecular complexity index is 1350. The largest absolute Gasteiger partial charge is 0.383 e. The van der Waals surface area contributed by atoms with Crippen molar-refractivity contribution < 1.29 is 13.6 Å². The first-order chi connectivity index (χ1) is 16.9. The molecule has 5 rings (SSSR count). The van der Waals surface area contributed by atoms with Gasteiger partial charge in [-0.15, -0.1) is 0 Å². The maximum absolute atomic E-state index is 15.5. The standard InChI is InChI=1S/C27H27F2N5O/c1-3-27(13-26(27)9-10-32-14-26)24-21(25(30)34-15-33-24)22(31-2)19-8-7-17(12-20(19)29)23(35)16-5-4-6-18(28)11-16/h4-8,11-12,15,32H,3,9-10,13-14H2,1-2H3,(H2,30,33,34)/t26-,27?/m1/s1. The number of aliphatic imine (C=N–C) groups is 1. The molecule has 2 aliphatic rings. The zero-order valence-corrected chi connectivity index (χ0v) is 19.7. The van der Waals surface area contributed by atoms with Crippen LogP contribution in [0, 0.1) is 17.0 Å². The first-order valence-electron chi connectivity index (χ1n) is 11.7. The molecule has 1 saturated carbocycles. The minimum absolute atomic E-state index is 0.107. The van der Waals surface area contributed by atoms with E-state index in [4.69, 9.17) is 5.73 Å². The fraction of sp³-hybridized carbons (Fsp3) is 0.333. The highest BCUT2D eigenvalue weighted by Crippen LogP contribution is 2.69. The van der Waals surface area contributed by atoms with Gasteiger partial charge in [0.25, 0.3) is 0 Å². The highest BCUT2D eigenvalue weighted by molar-refractivity contribution is 6.17. The zero-order valence-electron chi connectivity index (χ0n) is 19.7. The van der Waals surface area contributed by atoms with Crippen LogP contribution in [0.2, 0.25) is 0 Å². The predicted octanol–water partition coefficient (Wildman–Crippen LogP) is 4.07. The molecule has 35 heavy (non-hydrogen) atoms. The van der Waals surface area contributed by atoms with E-state index in [2.05, 4.69) is 27.2 Å². The van der Waals surface area contributed by atoms with E-state index in [1.54, 1.807) is 7.05 Å². The molecule has 1 aliphatic heterocycles. The van der Waals surface area contributed by atoms with Crippen molar-refractivity contribution in [3.8, 4) is 0 Å². The average Bonchev–Trinajstić information content (AvgIpc) is 3.24. The van der Waals surface area contributed by atoms with Crippen molar-refractivity contribution >= 4 is 17.3 Å². The third kappa shape index (κ3) is 3.63. The topological polar surface area (TPSA) is 93.3 Å². The summed E-state index contributed by atoms with van der Waals surface area (Å²) in [5.41, 5.74) is 8.46. The van der Waals surface area contributed by atoms with Gasteiger partial charge in [0.1, 0.15) is 23.8 Å². The first-order valence-corrected chi connectivity index (χ1v) is 11.7. The number of hydrogen-bond donors (Lipinski definition) is 2. The van der Waals surface area contributed by atoms with Crippen LogP contribution < -0.4 is 11.1 Å². The molecule has 2 atom stereocenters. The molecule has 0 amide bonds. The van der Waals surface area contributed by atoms with Gasteiger partial charge in [0, 0.05) is 35.7 Å². The number of carbonyl (C=O) groups excluding carboxylic acids is 1. The van der Waals surface area contributed by atoms with Crippen LogP contribution in [-0.4, -0.2) is 41.6 Å². The number of halogens is 2. The van der Waals surface area contributed by atoms with Crippen LogP contribution in [0.4, 0.5) is 14.6 Å². The Kier molecular flexibility index (Phi) is 5.71. The first kappa shape index (κ1) is 23.2. The van der Waals surface area contributed by atoms with E-state index < -0.39 is 17.4 Å². The summed E-state index contributed by atoms with van der Waals surface area (Å²) in [5.74, 6) is -1.37. The lowest BCUT2D eigenvalue weighted by molar-refractivity contribution is 0.103. The monoisotopic (exact) mass is 475 g/mol. The van der Waals surface area contributed by atoms with Gasteiger partial charge in [-0.25, -0.2) is 18.7 Å². The molecule has 3 aromatic rings. The minimum Gasteiger partial charge on any atom is -0.383 e. The van der Waals surface area contributed by atoms with Crippen LogP contribution in [-0.2, 0) is 5.41 Å². The molecule has 6 nitrogen and oxygen atoms in total. The molecular weight excluding hydrogens is 448 g/mol. The van der Waals surface area contributed by atoms with Gasteiger partial charge < -0.3 is 11.1 Å². The Hall–Kier alpha value is -3.52. The van der Waals surface area contributed by atoms with Crippen molar-refractivity contribution in [2.45, 2.75) is 31.6 Å². The van der Waals surface area contributed by atoms with Gasteiger partial charge in [-0.3, -0.25) is 9.79 Å². The number of rotatable bonds is 6. The van der Waals surface area contributed by atoms with E-state index >= 15 is 4.39 Å².